The summed E-state index contributed by atoms with van der Waals surface area (Å²) in [5.74, 6) is -0.931. The number of amides is 2. The van der Waals surface area contributed by atoms with Crippen LogP contribution >= 0.6 is 11.3 Å². The van der Waals surface area contributed by atoms with E-state index in [0.29, 0.717) is 6.54 Å². The van der Waals surface area contributed by atoms with Crippen LogP contribution in [0.3, 0.4) is 0 Å². The number of aromatic nitrogens is 1. The number of hydrogen-bond acceptors (Lipinski definition) is 4. The van der Waals surface area contributed by atoms with Crippen molar-refractivity contribution in [2.24, 2.45) is 5.41 Å². The quantitative estimate of drug-likeness (QED) is 0.769. The zero-order valence-corrected chi connectivity index (χ0v) is 12.1. The van der Waals surface area contributed by atoms with Gasteiger partial charge in [0, 0.05) is 11.4 Å². The van der Waals surface area contributed by atoms with E-state index in [-0.39, 0.29) is 17.9 Å². The number of aliphatic carboxylic acids is 1. The predicted octanol–water partition coefficient (Wildman–Crippen LogP) is 1.83. The van der Waals surface area contributed by atoms with Crippen molar-refractivity contribution in [1.29, 1.82) is 0 Å². The van der Waals surface area contributed by atoms with E-state index in [4.69, 9.17) is 5.11 Å². The Labute approximate surface area is 116 Å². The van der Waals surface area contributed by atoms with Crippen molar-refractivity contribution in [3.8, 4) is 0 Å². The molecular formula is C12H19N3O3S. The third-order valence-corrected chi connectivity index (χ3v) is 3.28. The number of carbonyl (C=O) groups excluding carboxylic acids is 1. The Hall–Kier alpha value is -1.63. The van der Waals surface area contributed by atoms with Crippen molar-refractivity contribution in [3.63, 3.8) is 0 Å². The molecule has 1 rings (SSSR count). The second kappa shape index (κ2) is 6.51. The van der Waals surface area contributed by atoms with Crippen molar-refractivity contribution in [2.75, 3.05) is 0 Å². The minimum Gasteiger partial charge on any atom is -0.481 e. The summed E-state index contributed by atoms with van der Waals surface area (Å²) in [5, 5.41) is 16.1. The van der Waals surface area contributed by atoms with Gasteiger partial charge in [0.2, 0.25) is 0 Å². The van der Waals surface area contributed by atoms with Crippen LogP contribution in [0, 0.1) is 5.41 Å². The lowest BCUT2D eigenvalue weighted by Crippen LogP contribution is -2.48. The van der Waals surface area contributed by atoms with E-state index in [2.05, 4.69) is 15.6 Å². The van der Waals surface area contributed by atoms with E-state index in [1.807, 2.05) is 26.2 Å². The first kappa shape index (κ1) is 15.4. The molecule has 0 radical (unpaired) electrons. The molecule has 2 amide bonds. The number of nitrogens with one attached hydrogen (secondary N) is 2. The number of nitrogens with zero attached hydrogens (tertiary/aromatic N) is 1. The van der Waals surface area contributed by atoms with Crippen molar-refractivity contribution < 1.29 is 14.7 Å². The molecule has 3 N–H and O–H groups in total. The maximum absolute atomic E-state index is 11.7. The van der Waals surface area contributed by atoms with Crippen LogP contribution in [0.5, 0.6) is 0 Å². The highest BCUT2D eigenvalue weighted by Crippen LogP contribution is 2.21. The van der Waals surface area contributed by atoms with Gasteiger partial charge < -0.3 is 15.7 Å². The molecular weight excluding hydrogens is 266 g/mol. The molecule has 1 unspecified atom stereocenters. The Morgan fingerprint density at radius 1 is 1.47 bits per heavy atom. The molecule has 1 heterocycles. The van der Waals surface area contributed by atoms with Crippen molar-refractivity contribution >= 4 is 23.3 Å². The molecule has 0 spiro atoms. The third kappa shape index (κ3) is 5.69. The van der Waals surface area contributed by atoms with Gasteiger partial charge in [-0.1, -0.05) is 20.8 Å². The van der Waals surface area contributed by atoms with Crippen LogP contribution in [0.15, 0.2) is 10.9 Å². The van der Waals surface area contributed by atoms with Crippen molar-refractivity contribution in [3.05, 3.63) is 16.6 Å². The van der Waals surface area contributed by atoms with Gasteiger partial charge in [-0.3, -0.25) is 4.79 Å². The number of carbonyl (C=O) groups is 2. The lowest BCUT2D eigenvalue weighted by molar-refractivity contribution is -0.138. The SMILES string of the molecule is CC(C)(C)C(CC(=O)O)NC(=O)NCc1cscn1. The molecule has 0 fully saturated rings. The fraction of sp³-hybridized carbons (Fsp3) is 0.583. The van der Waals surface area contributed by atoms with Gasteiger partial charge in [0.1, 0.15) is 0 Å². The number of urea groups is 1. The van der Waals surface area contributed by atoms with Crippen LogP contribution in [0.1, 0.15) is 32.9 Å². The van der Waals surface area contributed by atoms with E-state index in [9.17, 15) is 9.59 Å². The zero-order chi connectivity index (χ0) is 14.5. The van der Waals surface area contributed by atoms with Crippen LogP contribution in [0.25, 0.3) is 0 Å². The maximum atomic E-state index is 11.7. The molecule has 0 aliphatic carbocycles. The molecule has 1 atom stereocenters. The van der Waals surface area contributed by atoms with Crippen LogP contribution < -0.4 is 10.6 Å². The molecule has 106 valence electrons. The van der Waals surface area contributed by atoms with Gasteiger partial charge in [0.05, 0.1) is 24.2 Å². The van der Waals surface area contributed by atoms with Crippen LogP contribution in [0.4, 0.5) is 4.79 Å². The van der Waals surface area contributed by atoms with Crippen LogP contribution in [-0.2, 0) is 11.3 Å². The summed E-state index contributed by atoms with van der Waals surface area (Å²) in [4.78, 5) is 26.6. The standard InChI is InChI=1S/C12H19N3O3S/c1-12(2,3)9(4-10(16)17)15-11(18)13-5-8-6-19-7-14-8/h6-7,9H,4-5H2,1-3H3,(H,16,17)(H2,13,15,18). The highest BCUT2D eigenvalue weighted by molar-refractivity contribution is 7.07. The lowest BCUT2D eigenvalue weighted by atomic mass is 9.85. The monoisotopic (exact) mass is 285 g/mol. The van der Waals surface area contributed by atoms with E-state index in [1.54, 1.807) is 5.51 Å². The minimum absolute atomic E-state index is 0.104. The van der Waals surface area contributed by atoms with Crippen LogP contribution in [0.2, 0.25) is 0 Å². The molecule has 19 heavy (non-hydrogen) atoms. The largest absolute Gasteiger partial charge is 0.481 e. The summed E-state index contributed by atoms with van der Waals surface area (Å²) >= 11 is 1.46. The molecule has 1 aromatic heterocycles. The van der Waals surface area contributed by atoms with Gasteiger partial charge in [-0.05, 0) is 5.41 Å². The predicted molar refractivity (Wildman–Crippen MR) is 73.0 cm³/mol. The fourth-order valence-electron chi connectivity index (χ4n) is 1.45. The molecule has 0 aliphatic rings. The summed E-state index contributed by atoms with van der Waals surface area (Å²) < 4.78 is 0. The Kier molecular flexibility index (Phi) is 5.29. The topological polar surface area (TPSA) is 91.3 Å². The number of carboxylic acids is 1. The van der Waals surface area contributed by atoms with Gasteiger partial charge in [0.25, 0.3) is 0 Å². The molecule has 6 nitrogen and oxygen atoms in total. The number of rotatable bonds is 5. The van der Waals surface area contributed by atoms with Gasteiger partial charge in [0.15, 0.2) is 0 Å². The molecule has 0 aliphatic heterocycles. The normalized spacial score (nSPS) is 12.8. The first-order valence-electron chi connectivity index (χ1n) is 5.92. The Bertz CT molecular complexity index is 426. The third-order valence-electron chi connectivity index (χ3n) is 2.64. The molecule has 1 aromatic rings. The van der Waals surface area contributed by atoms with E-state index >= 15 is 0 Å². The second-order valence-electron chi connectivity index (χ2n) is 5.32. The Morgan fingerprint density at radius 3 is 2.63 bits per heavy atom. The average molecular weight is 285 g/mol. The Balaban J connectivity index is 2.49. The lowest BCUT2D eigenvalue weighted by Gasteiger charge is -2.30. The summed E-state index contributed by atoms with van der Waals surface area (Å²) in [6.45, 7) is 6.00. The highest BCUT2D eigenvalue weighted by atomic mass is 32.1. The molecule has 0 bridgehead atoms. The van der Waals surface area contributed by atoms with E-state index in [0.717, 1.165) is 5.69 Å². The second-order valence-corrected chi connectivity index (χ2v) is 6.04. The molecule has 0 saturated heterocycles. The highest BCUT2D eigenvalue weighted by Gasteiger charge is 2.28. The van der Waals surface area contributed by atoms with Gasteiger partial charge in [-0.25, -0.2) is 9.78 Å². The zero-order valence-electron chi connectivity index (χ0n) is 11.3. The molecule has 0 saturated carbocycles. The smallest absolute Gasteiger partial charge is 0.315 e. The van der Waals surface area contributed by atoms with Crippen LogP contribution in [-0.4, -0.2) is 28.1 Å². The molecule has 7 heteroatoms. The molecule has 0 aromatic carbocycles. The van der Waals surface area contributed by atoms with Gasteiger partial charge in [-0.15, -0.1) is 11.3 Å². The summed E-state index contributed by atoms with van der Waals surface area (Å²) in [7, 11) is 0. The number of thiazole rings is 1. The first-order chi connectivity index (χ1) is 8.79. The van der Waals surface area contributed by atoms with E-state index in [1.165, 1.54) is 11.3 Å². The maximum Gasteiger partial charge on any atom is 0.315 e. The van der Waals surface area contributed by atoms with Crippen molar-refractivity contribution in [2.45, 2.75) is 39.8 Å². The number of carboxylic acid groups (broad SMARTS) is 1. The van der Waals surface area contributed by atoms with E-state index < -0.39 is 12.0 Å². The summed E-state index contributed by atoms with van der Waals surface area (Å²) in [6, 6.07) is -0.811. The fourth-order valence-corrected chi connectivity index (χ4v) is 2.01. The summed E-state index contributed by atoms with van der Waals surface area (Å²) in [5.41, 5.74) is 2.15. The average Bonchev–Trinajstić information content (AvgIpc) is 2.76. The summed E-state index contributed by atoms with van der Waals surface area (Å²) in [6.07, 6.45) is -0.104. The van der Waals surface area contributed by atoms with Gasteiger partial charge in [-0.2, -0.15) is 0 Å². The Morgan fingerprint density at radius 2 is 2.16 bits per heavy atom. The first-order valence-corrected chi connectivity index (χ1v) is 6.86. The van der Waals surface area contributed by atoms with Gasteiger partial charge >= 0.3 is 12.0 Å². The number of hydrogen-bond donors (Lipinski definition) is 3. The van der Waals surface area contributed by atoms with Crippen molar-refractivity contribution in [1.82, 2.24) is 15.6 Å². The minimum atomic E-state index is -0.931.